The van der Waals surface area contributed by atoms with E-state index >= 15 is 0 Å². The third-order valence-corrected chi connectivity index (χ3v) is 4.16. The maximum absolute atomic E-state index is 9.71. The number of halogens is 1. The molecule has 2 atom stereocenters. The zero-order valence-corrected chi connectivity index (χ0v) is 13.1. The van der Waals surface area contributed by atoms with Gasteiger partial charge in [0.1, 0.15) is 11.4 Å². The number of ether oxygens (including phenoxy) is 2. The zero-order chi connectivity index (χ0) is 15.0. The van der Waals surface area contributed by atoms with E-state index in [4.69, 9.17) is 21.1 Å². The number of rotatable bonds is 3. The Labute approximate surface area is 129 Å². The van der Waals surface area contributed by atoms with E-state index in [1.807, 2.05) is 6.92 Å². The number of aromatic nitrogens is 2. The minimum atomic E-state index is -0.614. The normalized spacial score (nSPS) is 26.8. The third kappa shape index (κ3) is 2.85. The molecule has 116 valence electrons. The molecule has 0 amide bonds. The van der Waals surface area contributed by atoms with Crippen LogP contribution in [0, 0.1) is 0 Å². The summed E-state index contributed by atoms with van der Waals surface area (Å²) in [5.74, 6) is 0.836. The summed E-state index contributed by atoms with van der Waals surface area (Å²) in [5.41, 5.74) is 1.16. The summed E-state index contributed by atoms with van der Waals surface area (Å²) in [5, 5.41) is 9.93. The molecule has 6 nitrogen and oxygen atoms in total. The predicted octanol–water partition coefficient (Wildman–Crippen LogP) is 1.48. The van der Waals surface area contributed by atoms with Gasteiger partial charge in [0.2, 0.25) is 5.28 Å². The van der Waals surface area contributed by atoms with Gasteiger partial charge in [-0.1, -0.05) is 0 Å². The molecule has 1 saturated heterocycles. The van der Waals surface area contributed by atoms with Crippen LogP contribution in [0.15, 0.2) is 0 Å². The molecule has 1 N–H and O–H groups in total. The number of anilines is 1. The Bertz CT molecular complexity index is 534. The highest BCUT2D eigenvalue weighted by Gasteiger charge is 2.41. The van der Waals surface area contributed by atoms with Gasteiger partial charge in [0.15, 0.2) is 0 Å². The topological polar surface area (TPSA) is 67.7 Å². The van der Waals surface area contributed by atoms with Gasteiger partial charge < -0.3 is 19.5 Å². The first-order valence-electron chi connectivity index (χ1n) is 7.21. The van der Waals surface area contributed by atoms with Crippen LogP contribution in [0.2, 0.25) is 5.28 Å². The zero-order valence-electron chi connectivity index (χ0n) is 12.3. The largest absolute Gasteiger partial charge is 0.393 e. The lowest BCUT2D eigenvalue weighted by Crippen LogP contribution is -2.37. The van der Waals surface area contributed by atoms with Crippen molar-refractivity contribution in [2.45, 2.75) is 38.6 Å². The molecule has 1 aromatic heterocycles. The van der Waals surface area contributed by atoms with E-state index < -0.39 is 11.7 Å². The predicted molar refractivity (Wildman–Crippen MR) is 78.5 cm³/mol. The van der Waals surface area contributed by atoms with E-state index in [-0.39, 0.29) is 5.28 Å². The van der Waals surface area contributed by atoms with Crippen LogP contribution in [-0.2, 0) is 21.7 Å². The molecule has 0 radical (unpaired) electrons. The summed E-state index contributed by atoms with van der Waals surface area (Å²) in [6.45, 7) is 7.07. The molecule has 3 rings (SSSR count). The van der Waals surface area contributed by atoms with Crippen LogP contribution in [0.3, 0.4) is 0 Å². The van der Waals surface area contributed by atoms with E-state index in [2.05, 4.69) is 14.9 Å². The summed E-state index contributed by atoms with van der Waals surface area (Å²) in [7, 11) is 0. The molecule has 3 heterocycles. The van der Waals surface area contributed by atoms with Crippen molar-refractivity contribution in [3.8, 4) is 0 Å². The minimum Gasteiger partial charge on any atom is -0.393 e. The molecule has 2 unspecified atom stereocenters. The average Bonchev–Trinajstić information content (AvgIpc) is 2.75. The Balaban J connectivity index is 1.99. The van der Waals surface area contributed by atoms with Crippen molar-refractivity contribution in [1.29, 1.82) is 0 Å². The van der Waals surface area contributed by atoms with Gasteiger partial charge in [-0.05, 0) is 25.4 Å². The van der Waals surface area contributed by atoms with Crippen molar-refractivity contribution in [2.75, 3.05) is 31.2 Å². The van der Waals surface area contributed by atoms with Gasteiger partial charge >= 0.3 is 0 Å². The summed E-state index contributed by atoms with van der Waals surface area (Å²) in [6.07, 6.45) is 0.0112. The Kier molecular flexibility index (Phi) is 4.05. The monoisotopic (exact) mass is 313 g/mol. The number of fused-ring (bicyclic) bond motifs is 1. The highest BCUT2D eigenvalue weighted by molar-refractivity contribution is 6.28. The number of nitrogens with zero attached hydrogens (tertiary/aromatic N) is 3. The molecule has 1 fully saturated rings. The molecule has 2 aliphatic heterocycles. The van der Waals surface area contributed by atoms with Crippen LogP contribution in [0.5, 0.6) is 0 Å². The molecule has 21 heavy (non-hydrogen) atoms. The molecule has 0 aromatic carbocycles. The van der Waals surface area contributed by atoms with Crippen molar-refractivity contribution in [2.24, 2.45) is 0 Å². The maximum atomic E-state index is 9.71. The lowest BCUT2D eigenvalue weighted by atomic mass is 9.94. The van der Waals surface area contributed by atoms with Crippen molar-refractivity contribution >= 4 is 17.4 Å². The fraction of sp³-hybridized carbons (Fsp3) is 0.714. The van der Waals surface area contributed by atoms with Crippen LogP contribution in [0.1, 0.15) is 31.5 Å². The van der Waals surface area contributed by atoms with Gasteiger partial charge in [-0.3, -0.25) is 0 Å². The number of aliphatic hydroxyl groups is 1. The van der Waals surface area contributed by atoms with E-state index in [1.54, 1.807) is 6.92 Å². The first kappa shape index (κ1) is 15.0. The Hall–Kier alpha value is -0.950. The standard InChI is InChI=1S/C14H20ClN3O3/c1-9(19)7-14(2)11-10(8-21-14)12(17-13(15)16-11)18-3-5-20-6-4-18/h9,19H,3-8H2,1-2H3. The SMILES string of the molecule is CC(O)CC1(C)OCc2c(N3CCOCC3)nc(Cl)nc21. The average molecular weight is 314 g/mol. The summed E-state index contributed by atoms with van der Waals surface area (Å²) in [4.78, 5) is 10.9. The first-order chi connectivity index (χ1) is 9.99. The highest BCUT2D eigenvalue weighted by atomic mass is 35.5. The van der Waals surface area contributed by atoms with Crippen LogP contribution < -0.4 is 4.90 Å². The van der Waals surface area contributed by atoms with E-state index in [0.717, 1.165) is 30.2 Å². The molecule has 1 aromatic rings. The van der Waals surface area contributed by atoms with Gasteiger partial charge in [-0.15, -0.1) is 0 Å². The van der Waals surface area contributed by atoms with Crippen molar-refractivity contribution in [3.05, 3.63) is 16.5 Å². The van der Waals surface area contributed by atoms with E-state index in [1.165, 1.54) is 0 Å². The molecule has 0 bridgehead atoms. The van der Waals surface area contributed by atoms with Crippen molar-refractivity contribution in [1.82, 2.24) is 9.97 Å². The quantitative estimate of drug-likeness (QED) is 0.853. The molecule has 2 aliphatic rings. The third-order valence-electron chi connectivity index (χ3n) is 3.99. The van der Waals surface area contributed by atoms with Gasteiger partial charge in [-0.25, -0.2) is 9.97 Å². The van der Waals surface area contributed by atoms with Crippen LogP contribution in [-0.4, -0.2) is 47.5 Å². The van der Waals surface area contributed by atoms with Gasteiger partial charge in [0.25, 0.3) is 0 Å². The fourth-order valence-electron chi connectivity index (χ4n) is 3.07. The van der Waals surface area contributed by atoms with E-state index in [0.29, 0.717) is 26.2 Å². The second-order valence-electron chi connectivity index (χ2n) is 5.82. The van der Waals surface area contributed by atoms with Crippen LogP contribution in [0.25, 0.3) is 0 Å². The number of aliphatic hydroxyl groups excluding tert-OH is 1. The second-order valence-corrected chi connectivity index (χ2v) is 6.15. The lowest BCUT2D eigenvalue weighted by Gasteiger charge is -2.29. The molecular formula is C14H20ClN3O3. The van der Waals surface area contributed by atoms with Gasteiger partial charge in [0.05, 0.1) is 31.6 Å². The summed E-state index contributed by atoms with van der Waals surface area (Å²) >= 11 is 6.11. The molecule has 0 saturated carbocycles. The Morgan fingerprint density at radius 3 is 2.76 bits per heavy atom. The smallest absolute Gasteiger partial charge is 0.224 e. The molecule has 0 aliphatic carbocycles. The maximum Gasteiger partial charge on any atom is 0.224 e. The number of morpholine rings is 1. The van der Waals surface area contributed by atoms with Gasteiger partial charge in [-0.2, -0.15) is 0 Å². The second kappa shape index (κ2) is 5.68. The highest BCUT2D eigenvalue weighted by Crippen LogP contribution is 2.42. The molecule has 0 spiro atoms. The number of hydrogen-bond donors (Lipinski definition) is 1. The number of hydrogen-bond acceptors (Lipinski definition) is 6. The van der Waals surface area contributed by atoms with Crippen molar-refractivity contribution < 1.29 is 14.6 Å². The van der Waals surface area contributed by atoms with Gasteiger partial charge in [0, 0.05) is 25.1 Å². The minimum absolute atomic E-state index is 0.220. The van der Waals surface area contributed by atoms with E-state index in [9.17, 15) is 5.11 Å². The van der Waals surface area contributed by atoms with Crippen LogP contribution in [0.4, 0.5) is 5.82 Å². The summed E-state index contributed by atoms with van der Waals surface area (Å²) in [6, 6.07) is 0. The Morgan fingerprint density at radius 1 is 1.38 bits per heavy atom. The first-order valence-corrected chi connectivity index (χ1v) is 7.59. The van der Waals surface area contributed by atoms with Crippen LogP contribution >= 0.6 is 11.6 Å². The molecule has 7 heteroatoms. The molecular weight excluding hydrogens is 294 g/mol. The fourth-order valence-corrected chi connectivity index (χ4v) is 3.24. The lowest BCUT2D eigenvalue weighted by molar-refractivity contribution is -0.0547. The summed E-state index contributed by atoms with van der Waals surface area (Å²) < 4.78 is 11.3. The Morgan fingerprint density at radius 2 is 2.10 bits per heavy atom. The van der Waals surface area contributed by atoms with Crippen molar-refractivity contribution in [3.63, 3.8) is 0 Å².